The van der Waals surface area contributed by atoms with E-state index in [9.17, 15) is 0 Å². The molecule has 0 aromatic carbocycles. The maximum absolute atomic E-state index is 4.18. The number of nitrogens with one attached hydrogen (secondary N) is 1. The number of nitrogens with zero attached hydrogens (tertiary/aromatic N) is 2. The van der Waals surface area contributed by atoms with Crippen LogP contribution in [0.5, 0.6) is 0 Å². The number of aromatic nitrogens is 3. The average Bonchev–Trinajstić information content (AvgIpc) is 2.60. The van der Waals surface area contributed by atoms with E-state index >= 15 is 0 Å². The zero-order valence-corrected chi connectivity index (χ0v) is 7.83. The molecular weight excluding hydrogens is 150 g/mol. The maximum Gasteiger partial charge on any atom is 0.137 e. The number of H-pyrrole nitrogens is 1. The first-order valence-corrected chi connectivity index (χ1v) is 4.44. The quantitative estimate of drug-likeness (QED) is 0.691. The van der Waals surface area contributed by atoms with Crippen molar-refractivity contribution >= 4 is 0 Å². The van der Waals surface area contributed by atoms with Crippen LogP contribution in [0.4, 0.5) is 0 Å². The lowest BCUT2D eigenvalue weighted by Crippen LogP contribution is -2.09. The number of aromatic amines is 1. The molecule has 0 saturated heterocycles. The van der Waals surface area contributed by atoms with Crippen LogP contribution >= 0.6 is 0 Å². The van der Waals surface area contributed by atoms with Crippen molar-refractivity contribution in [3.63, 3.8) is 0 Å². The molecule has 0 spiro atoms. The Labute approximate surface area is 72.6 Å². The van der Waals surface area contributed by atoms with E-state index in [0.717, 1.165) is 11.7 Å². The summed E-state index contributed by atoms with van der Waals surface area (Å²) < 4.78 is 0. The third-order valence-corrected chi connectivity index (χ3v) is 2.69. The van der Waals surface area contributed by atoms with Crippen molar-refractivity contribution in [1.29, 1.82) is 0 Å². The Hall–Kier alpha value is -0.860. The summed E-state index contributed by atoms with van der Waals surface area (Å²) in [6, 6.07) is 0. The number of hydrogen-bond donors (Lipinski definition) is 1. The molecule has 0 aliphatic heterocycles. The second-order valence-electron chi connectivity index (χ2n) is 4.69. The highest BCUT2D eigenvalue weighted by Crippen LogP contribution is 2.55. The highest BCUT2D eigenvalue weighted by atomic mass is 15.2. The van der Waals surface area contributed by atoms with E-state index in [1.807, 2.05) is 0 Å². The van der Waals surface area contributed by atoms with Crippen LogP contribution in [0.15, 0.2) is 6.33 Å². The van der Waals surface area contributed by atoms with Crippen molar-refractivity contribution < 1.29 is 0 Å². The Morgan fingerprint density at radius 2 is 2.25 bits per heavy atom. The predicted octanol–water partition coefficient (Wildman–Crippen LogP) is 1.95. The third kappa shape index (κ3) is 1.24. The predicted molar refractivity (Wildman–Crippen MR) is 46.7 cm³/mol. The lowest BCUT2D eigenvalue weighted by molar-refractivity contribution is 0.342. The molecule has 1 fully saturated rings. The molecule has 1 aliphatic carbocycles. The Bertz CT molecular complexity index is 258. The van der Waals surface area contributed by atoms with Gasteiger partial charge in [0.2, 0.25) is 0 Å². The fraction of sp³-hybridized carbons (Fsp3) is 0.778. The minimum atomic E-state index is 0.414. The van der Waals surface area contributed by atoms with Gasteiger partial charge in [0, 0.05) is 5.92 Å². The van der Waals surface area contributed by atoms with E-state index in [1.54, 1.807) is 6.33 Å². The zero-order valence-electron chi connectivity index (χ0n) is 7.83. The van der Waals surface area contributed by atoms with E-state index in [1.165, 1.54) is 6.42 Å². The van der Waals surface area contributed by atoms with Crippen LogP contribution < -0.4 is 0 Å². The second kappa shape index (κ2) is 2.31. The number of hydrogen-bond acceptors (Lipinski definition) is 2. The molecule has 1 heterocycles. The van der Waals surface area contributed by atoms with Gasteiger partial charge >= 0.3 is 0 Å². The highest BCUT2D eigenvalue weighted by Gasteiger charge is 2.47. The van der Waals surface area contributed by atoms with Crippen molar-refractivity contribution in [2.45, 2.75) is 33.1 Å². The summed E-state index contributed by atoms with van der Waals surface area (Å²) in [5, 5.41) is 6.80. The van der Waals surface area contributed by atoms with E-state index in [4.69, 9.17) is 0 Å². The van der Waals surface area contributed by atoms with Crippen LogP contribution in [0.1, 0.15) is 38.9 Å². The van der Waals surface area contributed by atoms with Gasteiger partial charge in [-0.2, -0.15) is 5.10 Å². The molecule has 2 rings (SSSR count). The summed E-state index contributed by atoms with van der Waals surface area (Å²) in [7, 11) is 0. The topological polar surface area (TPSA) is 41.6 Å². The normalized spacial score (nSPS) is 28.9. The molecule has 0 bridgehead atoms. The summed E-state index contributed by atoms with van der Waals surface area (Å²) in [6.07, 6.45) is 2.85. The van der Waals surface area contributed by atoms with Crippen molar-refractivity contribution in [3.05, 3.63) is 12.2 Å². The third-order valence-electron chi connectivity index (χ3n) is 2.69. The lowest BCUT2D eigenvalue weighted by Gasteiger charge is -2.17. The molecule has 66 valence electrons. The number of rotatable bonds is 1. The molecule has 1 aromatic rings. The zero-order chi connectivity index (χ0) is 8.77. The van der Waals surface area contributed by atoms with Crippen LogP contribution in [0.2, 0.25) is 0 Å². The largest absolute Gasteiger partial charge is 0.263 e. The molecular formula is C9H15N3. The Kier molecular flexibility index (Phi) is 1.50. The Morgan fingerprint density at radius 1 is 1.50 bits per heavy atom. The van der Waals surface area contributed by atoms with E-state index in [-0.39, 0.29) is 0 Å². The minimum absolute atomic E-state index is 0.414. The van der Waals surface area contributed by atoms with Crippen molar-refractivity contribution in [2.24, 2.45) is 11.3 Å². The molecule has 3 nitrogen and oxygen atoms in total. The summed E-state index contributed by atoms with van der Waals surface area (Å²) in [5.41, 5.74) is 0.414. The minimum Gasteiger partial charge on any atom is -0.263 e. The van der Waals surface area contributed by atoms with Gasteiger partial charge in [0.25, 0.3) is 0 Å². The Balaban J connectivity index is 2.06. The molecule has 0 radical (unpaired) electrons. The van der Waals surface area contributed by atoms with Gasteiger partial charge in [-0.15, -0.1) is 0 Å². The molecule has 1 N–H and O–H groups in total. The molecule has 0 amide bonds. The van der Waals surface area contributed by atoms with Crippen molar-refractivity contribution in [2.75, 3.05) is 0 Å². The van der Waals surface area contributed by atoms with Gasteiger partial charge in [-0.25, -0.2) is 4.98 Å². The van der Waals surface area contributed by atoms with Gasteiger partial charge in [-0.05, 0) is 17.8 Å². The van der Waals surface area contributed by atoms with E-state index in [2.05, 4.69) is 36.0 Å². The monoisotopic (exact) mass is 165 g/mol. The van der Waals surface area contributed by atoms with Gasteiger partial charge in [0.15, 0.2) is 0 Å². The molecule has 2 atom stereocenters. The standard InChI is InChI=1S/C9H15N3/c1-9(2,3)7-4-6(7)8-10-5-11-12-8/h5-7H,4H2,1-3H3,(H,10,11,12). The molecule has 1 aromatic heterocycles. The second-order valence-corrected chi connectivity index (χ2v) is 4.69. The van der Waals surface area contributed by atoms with E-state index in [0.29, 0.717) is 11.3 Å². The summed E-state index contributed by atoms with van der Waals surface area (Å²) in [6.45, 7) is 6.86. The first kappa shape index (κ1) is 7.77. The molecule has 3 heteroatoms. The molecule has 1 saturated carbocycles. The SMILES string of the molecule is CC(C)(C)C1CC1c1ncn[nH]1. The Morgan fingerprint density at radius 3 is 2.67 bits per heavy atom. The molecule has 2 unspecified atom stereocenters. The summed E-state index contributed by atoms with van der Waals surface area (Å²) >= 11 is 0. The smallest absolute Gasteiger partial charge is 0.137 e. The van der Waals surface area contributed by atoms with Gasteiger partial charge in [0.1, 0.15) is 12.2 Å². The molecule has 1 aliphatic rings. The fourth-order valence-electron chi connectivity index (χ4n) is 1.85. The van der Waals surface area contributed by atoms with Gasteiger partial charge in [-0.3, -0.25) is 5.10 Å². The van der Waals surface area contributed by atoms with Crippen LogP contribution in [0, 0.1) is 11.3 Å². The van der Waals surface area contributed by atoms with Crippen LogP contribution in [-0.2, 0) is 0 Å². The van der Waals surface area contributed by atoms with E-state index < -0.39 is 0 Å². The average molecular weight is 165 g/mol. The van der Waals surface area contributed by atoms with Crippen molar-refractivity contribution in [1.82, 2.24) is 15.2 Å². The summed E-state index contributed by atoms with van der Waals surface area (Å²) in [4.78, 5) is 4.18. The lowest BCUT2D eigenvalue weighted by atomic mass is 9.89. The summed E-state index contributed by atoms with van der Waals surface area (Å²) in [5.74, 6) is 2.48. The van der Waals surface area contributed by atoms with Crippen LogP contribution in [-0.4, -0.2) is 15.2 Å². The van der Waals surface area contributed by atoms with Gasteiger partial charge in [0.05, 0.1) is 0 Å². The van der Waals surface area contributed by atoms with Crippen LogP contribution in [0.3, 0.4) is 0 Å². The maximum atomic E-state index is 4.18. The van der Waals surface area contributed by atoms with Crippen LogP contribution in [0.25, 0.3) is 0 Å². The highest BCUT2D eigenvalue weighted by molar-refractivity contribution is 5.11. The van der Waals surface area contributed by atoms with Gasteiger partial charge < -0.3 is 0 Å². The fourth-order valence-corrected chi connectivity index (χ4v) is 1.85. The van der Waals surface area contributed by atoms with Gasteiger partial charge in [-0.1, -0.05) is 20.8 Å². The first-order valence-electron chi connectivity index (χ1n) is 4.44. The molecule has 12 heavy (non-hydrogen) atoms. The van der Waals surface area contributed by atoms with Crippen molar-refractivity contribution in [3.8, 4) is 0 Å². The first-order chi connectivity index (χ1) is 5.59.